The monoisotopic (exact) mass is 286 g/mol. The summed E-state index contributed by atoms with van der Waals surface area (Å²) in [4.78, 5) is 13.2. The van der Waals surface area contributed by atoms with Crippen LogP contribution in [0.25, 0.3) is 11.3 Å². The summed E-state index contributed by atoms with van der Waals surface area (Å²) in [6.45, 7) is 3.93. The standard InChI is InChI=1S/C16H18N2O3/c1-11-8-18(10-14(11)16(19)20)9-13-7-15(17-21-13)12-5-3-2-4-6-12/h2-7,11,14H,8-10H2,1H3,(H,19,20)/t11-,14-/m1/s1. The van der Waals surface area contributed by atoms with E-state index in [1.165, 1.54) is 0 Å². The van der Waals surface area contributed by atoms with Crippen LogP contribution in [-0.2, 0) is 11.3 Å². The van der Waals surface area contributed by atoms with E-state index in [9.17, 15) is 4.79 Å². The normalized spacial score (nSPS) is 22.5. The number of hydrogen-bond acceptors (Lipinski definition) is 4. The highest BCUT2D eigenvalue weighted by Crippen LogP contribution is 2.26. The molecule has 5 heteroatoms. The quantitative estimate of drug-likeness (QED) is 0.935. The Balaban J connectivity index is 1.67. The van der Waals surface area contributed by atoms with Crippen LogP contribution in [-0.4, -0.2) is 34.2 Å². The number of hydrogen-bond donors (Lipinski definition) is 1. The molecule has 1 aromatic heterocycles. The Morgan fingerprint density at radius 1 is 1.38 bits per heavy atom. The van der Waals surface area contributed by atoms with Crippen molar-refractivity contribution in [3.8, 4) is 11.3 Å². The van der Waals surface area contributed by atoms with Crippen molar-refractivity contribution in [3.63, 3.8) is 0 Å². The number of benzene rings is 1. The molecule has 1 aliphatic rings. The second-order valence-electron chi connectivity index (χ2n) is 5.66. The van der Waals surface area contributed by atoms with Gasteiger partial charge in [-0.05, 0) is 5.92 Å². The molecule has 2 atom stereocenters. The fourth-order valence-corrected chi connectivity index (χ4v) is 2.87. The third-order valence-electron chi connectivity index (χ3n) is 4.01. The van der Waals surface area contributed by atoms with Gasteiger partial charge in [-0.25, -0.2) is 0 Å². The van der Waals surface area contributed by atoms with E-state index >= 15 is 0 Å². The molecular formula is C16H18N2O3. The van der Waals surface area contributed by atoms with Gasteiger partial charge < -0.3 is 9.63 Å². The lowest BCUT2D eigenvalue weighted by atomic mass is 9.99. The summed E-state index contributed by atoms with van der Waals surface area (Å²) in [6, 6.07) is 11.8. The zero-order valence-corrected chi connectivity index (χ0v) is 11.9. The van der Waals surface area contributed by atoms with Crippen molar-refractivity contribution in [1.82, 2.24) is 10.1 Å². The first kappa shape index (κ1) is 13.8. The molecule has 1 saturated heterocycles. The summed E-state index contributed by atoms with van der Waals surface area (Å²) in [6.07, 6.45) is 0. The smallest absolute Gasteiger partial charge is 0.308 e. The van der Waals surface area contributed by atoms with Crippen molar-refractivity contribution in [2.24, 2.45) is 11.8 Å². The van der Waals surface area contributed by atoms with Gasteiger partial charge in [-0.1, -0.05) is 42.4 Å². The molecule has 0 radical (unpaired) electrons. The summed E-state index contributed by atoms with van der Waals surface area (Å²) in [5.41, 5.74) is 1.83. The van der Waals surface area contributed by atoms with Crippen LogP contribution in [0.15, 0.2) is 40.9 Å². The van der Waals surface area contributed by atoms with E-state index in [-0.39, 0.29) is 11.8 Å². The van der Waals surface area contributed by atoms with Crippen LogP contribution in [0.2, 0.25) is 0 Å². The fourth-order valence-electron chi connectivity index (χ4n) is 2.87. The van der Waals surface area contributed by atoms with Crippen LogP contribution < -0.4 is 0 Å². The van der Waals surface area contributed by atoms with Crippen LogP contribution in [0.5, 0.6) is 0 Å². The lowest BCUT2D eigenvalue weighted by Gasteiger charge is -2.12. The molecule has 0 bridgehead atoms. The minimum atomic E-state index is -0.715. The van der Waals surface area contributed by atoms with Crippen LogP contribution in [0.4, 0.5) is 0 Å². The highest BCUT2D eigenvalue weighted by Gasteiger charge is 2.34. The van der Waals surface area contributed by atoms with Crippen LogP contribution in [0.1, 0.15) is 12.7 Å². The third-order valence-corrected chi connectivity index (χ3v) is 4.01. The molecule has 1 aromatic carbocycles. The van der Waals surface area contributed by atoms with Gasteiger partial charge in [-0.2, -0.15) is 0 Å². The maximum atomic E-state index is 11.1. The predicted octanol–water partition coefficient (Wildman–Crippen LogP) is 2.49. The summed E-state index contributed by atoms with van der Waals surface area (Å²) in [5.74, 6) is -0.0693. The van der Waals surface area contributed by atoms with Gasteiger partial charge in [0, 0.05) is 24.7 Å². The topological polar surface area (TPSA) is 66.6 Å². The van der Waals surface area contributed by atoms with Crippen molar-refractivity contribution in [3.05, 3.63) is 42.2 Å². The first-order valence-electron chi connectivity index (χ1n) is 7.09. The van der Waals surface area contributed by atoms with Crippen molar-refractivity contribution >= 4 is 5.97 Å². The molecule has 1 N–H and O–H groups in total. The highest BCUT2D eigenvalue weighted by atomic mass is 16.5. The minimum absolute atomic E-state index is 0.166. The Morgan fingerprint density at radius 3 is 2.81 bits per heavy atom. The number of aliphatic carboxylic acids is 1. The maximum absolute atomic E-state index is 11.1. The average Bonchev–Trinajstić information content (AvgIpc) is 3.07. The molecule has 0 spiro atoms. The first-order chi connectivity index (χ1) is 10.1. The van der Waals surface area contributed by atoms with E-state index in [1.54, 1.807) is 0 Å². The Bertz CT molecular complexity index is 623. The molecule has 1 aliphatic heterocycles. The molecule has 0 saturated carbocycles. The lowest BCUT2D eigenvalue weighted by Crippen LogP contribution is -2.23. The molecule has 110 valence electrons. The zero-order chi connectivity index (χ0) is 14.8. The number of carboxylic acid groups (broad SMARTS) is 1. The second-order valence-corrected chi connectivity index (χ2v) is 5.66. The molecular weight excluding hydrogens is 268 g/mol. The van der Waals surface area contributed by atoms with Gasteiger partial charge in [0.1, 0.15) is 5.69 Å². The van der Waals surface area contributed by atoms with Gasteiger partial charge >= 0.3 is 5.97 Å². The molecule has 1 fully saturated rings. The Kier molecular flexibility index (Phi) is 3.75. The molecule has 0 amide bonds. The van der Waals surface area contributed by atoms with Crippen LogP contribution >= 0.6 is 0 Å². The van der Waals surface area contributed by atoms with Gasteiger partial charge in [0.2, 0.25) is 0 Å². The number of aromatic nitrogens is 1. The summed E-state index contributed by atoms with van der Waals surface area (Å²) in [5, 5.41) is 13.2. The molecule has 0 unspecified atom stereocenters. The lowest BCUT2D eigenvalue weighted by molar-refractivity contribution is -0.142. The maximum Gasteiger partial charge on any atom is 0.308 e. The SMILES string of the molecule is C[C@@H]1CN(Cc2cc(-c3ccccc3)no2)C[C@H]1C(=O)O. The van der Waals surface area contributed by atoms with E-state index in [1.807, 2.05) is 43.3 Å². The molecule has 0 aliphatic carbocycles. The second kappa shape index (κ2) is 5.69. The molecule has 5 nitrogen and oxygen atoms in total. The van der Waals surface area contributed by atoms with Crippen molar-refractivity contribution in [2.75, 3.05) is 13.1 Å². The van der Waals surface area contributed by atoms with Crippen molar-refractivity contribution in [2.45, 2.75) is 13.5 Å². The average molecular weight is 286 g/mol. The first-order valence-corrected chi connectivity index (χ1v) is 7.09. The van der Waals surface area contributed by atoms with Crippen molar-refractivity contribution < 1.29 is 14.4 Å². The minimum Gasteiger partial charge on any atom is -0.481 e. The van der Waals surface area contributed by atoms with Gasteiger partial charge in [0.05, 0.1) is 12.5 Å². The summed E-state index contributed by atoms with van der Waals surface area (Å²) >= 11 is 0. The number of likely N-dealkylation sites (tertiary alicyclic amines) is 1. The molecule has 2 aromatic rings. The van der Waals surface area contributed by atoms with Gasteiger partial charge in [-0.15, -0.1) is 0 Å². The van der Waals surface area contributed by atoms with E-state index < -0.39 is 5.97 Å². The number of carboxylic acids is 1. The van der Waals surface area contributed by atoms with Gasteiger partial charge in [0.15, 0.2) is 5.76 Å². The Morgan fingerprint density at radius 2 is 2.14 bits per heavy atom. The van der Waals surface area contributed by atoms with Gasteiger partial charge in [0.25, 0.3) is 0 Å². The zero-order valence-electron chi connectivity index (χ0n) is 11.9. The molecule has 21 heavy (non-hydrogen) atoms. The number of carbonyl (C=O) groups is 1. The third kappa shape index (κ3) is 2.97. The van der Waals surface area contributed by atoms with Crippen LogP contribution in [0, 0.1) is 11.8 Å². The fraction of sp³-hybridized carbons (Fsp3) is 0.375. The molecule has 2 heterocycles. The Labute approximate surface area is 123 Å². The number of nitrogens with zero attached hydrogens (tertiary/aromatic N) is 2. The van der Waals surface area contributed by atoms with E-state index in [0.717, 1.165) is 23.6 Å². The molecule has 3 rings (SSSR count). The summed E-state index contributed by atoms with van der Waals surface area (Å²) < 4.78 is 5.37. The highest BCUT2D eigenvalue weighted by molar-refractivity contribution is 5.71. The van der Waals surface area contributed by atoms with E-state index in [0.29, 0.717) is 13.1 Å². The Hall–Kier alpha value is -2.14. The van der Waals surface area contributed by atoms with Gasteiger partial charge in [-0.3, -0.25) is 9.69 Å². The van der Waals surface area contributed by atoms with Crippen molar-refractivity contribution in [1.29, 1.82) is 0 Å². The largest absolute Gasteiger partial charge is 0.481 e. The summed E-state index contributed by atoms with van der Waals surface area (Å²) in [7, 11) is 0. The number of rotatable bonds is 4. The predicted molar refractivity (Wildman–Crippen MR) is 77.5 cm³/mol. The van der Waals surface area contributed by atoms with E-state index in [2.05, 4.69) is 10.1 Å². The van der Waals surface area contributed by atoms with Crippen LogP contribution in [0.3, 0.4) is 0 Å². The van der Waals surface area contributed by atoms with E-state index in [4.69, 9.17) is 9.63 Å².